The minimum Gasteiger partial charge on any atom is -0.507 e. The molecule has 32 heavy (non-hydrogen) atoms. The number of aromatic hydroxyl groups is 1. The number of phenols is 1. The van der Waals surface area contributed by atoms with Crippen molar-refractivity contribution < 1.29 is 14.6 Å². The molecule has 2 aromatic rings. The van der Waals surface area contributed by atoms with Gasteiger partial charge in [-0.1, -0.05) is 46.8 Å². The molecule has 4 heteroatoms. The maximum atomic E-state index is 12.8. The first-order valence-corrected chi connectivity index (χ1v) is 10.9. The van der Waals surface area contributed by atoms with Gasteiger partial charge in [0, 0.05) is 33.2 Å². The van der Waals surface area contributed by atoms with E-state index in [-0.39, 0.29) is 11.5 Å². The Morgan fingerprint density at radius 1 is 1.06 bits per heavy atom. The van der Waals surface area contributed by atoms with Gasteiger partial charge in [0.25, 0.3) is 0 Å². The Morgan fingerprint density at radius 3 is 2.16 bits per heavy atom. The summed E-state index contributed by atoms with van der Waals surface area (Å²) in [4.78, 5) is 12.8. The van der Waals surface area contributed by atoms with E-state index in [0.29, 0.717) is 34.7 Å². The van der Waals surface area contributed by atoms with Crippen LogP contribution in [-0.2, 0) is 10.8 Å². The summed E-state index contributed by atoms with van der Waals surface area (Å²) < 4.78 is 6.13. The molecule has 0 radical (unpaired) electrons. The van der Waals surface area contributed by atoms with Gasteiger partial charge in [-0.2, -0.15) is 0 Å². The summed E-state index contributed by atoms with van der Waals surface area (Å²) in [5.74, 6) is 0.439. The van der Waals surface area contributed by atoms with Crippen molar-refractivity contribution in [3.63, 3.8) is 0 Å². The van der Waals surface area contributed by atoms with Gasteiger partial charge in [0.15, 0.2) is 5.78 Å². The van der Waals surface area contributed by atoms with E-state index in [9.17, 15) is 9.90 Å². The molecule has 0 saturated carbocycles. The first-order valence-electron chi connectivity index (χ1n) is 10.9. The molecule has 170 valence electrons. The lowest BCUT2D eigenvalue weighted by Crippen LogP contribution is -2.20. The zero-order valence-corrected chi connectivity index (χ0v) is 19.9. The lowest BCUT2D eigenvalue weighted by atomic mass is 9.76. The number of allylic oxidation sites excluding steroid dienone is 3. The Bertz CT molecular complexity index is 1030. The van der Waals surface area contributed by atoms with E-state index in [1.165, 1.54) is 6.08 Å². The van der Waals surface area contributed by atoms with Crippen molar-refractivity contribution in [2.24, 2.45) is 0 Å². The summed E-state index contributed by atoms with van der Waals surface area (Å²) in [5.41, 5.74) is 7.98. The molecule has 2 aromatic carbocycles. The highest BCUT2D eigenvalue weighted by atomic mass is 16.5. The monoisotopic (exact) mass is 433 g/mol. The summed E-state index contributed by atoms with van der Waals surface area (Å²) in [5, 5.41) is 11.3. The van der Waals surface area contributed by atoms with Crippen molar-refractivity contribution >= 4 is 17.5 Å². The van der Waals surface area contributed by atoms with Gasteiger partial charge in [-0.3, -0.25) is 4.79 Å². The SMILES string of the molecule is C=CC(C)(C)c1cc(C(C)(C)C=C)c(OCCC)c(C=CC(=O)c2ccc(N)cc2)c1O. The number of carbonyl (C=O) groups is 1. The molecule has 4 nitrogen and oxygen atoms in total. The maximum Gasteiger partial charge on any atom is 0.185 e. The Morgan fingerprint density at radius 2 is 1.62 bits per heavy atom. The standard InChI is InChI=1S/C28H35NO3/c1-8-17-32-26-21(15-16-24(30)19-11-13-20(29)14-12-19)25(31)22(27(4,5)9-2)18-23(26)28(6,7)10-3/h9-16,18,31H,2-3,8,17,29H2,1,4-7H3. The average molecular weight is 434 g/mol. The van der Waals surface area contributed by atoms with Gasteiger partial charge in [0.1, 0.15) is 11.5 Å². The van der Waals surface area contributed by atoms with E-state index in [2.05, 4.69) is 13.2 Å². The van der Waals surface area contributed by atoms with Crippen LogP contribution in [-0.4, -0.2) is 17.5 Å². The van der Waals surface area contributed by atoms with Crippen molar-refractivity contribution in [1.82, 2.24) is 0 Å². The highest BCUT2D eigenvalue weighted by Crippen LogP contribution is 2.46. The largest absolute Gasteiger partial charge is 0.507 e. The van der Waals surface area contributed by atoms with E-state index in [0.717, 1.165) is 12.0 Å². The van der Waals surface area contributed by atoms with Gasteiger partial charge in [-0.25, -0.2) is 0 Å². The minimum atomic E-state index is -0.497. The fraction of sp³-hybridized carbons (Fsp3) is 0.321. The van der Waals surface area contributed by atoms with Crippen molar-refractivity contribution in [1.29, 1.82) is 0 Å². The van der Waals surface area contributed by atoms with Gasteiger partial charge in [0.05, 0.1) is 12.2 Å². The molecular weight excluding hydrogens is 398 g/mol. The van der Waals surface area contributed by atoms with E-state index in [1.807, 2.05) is 46.8 Å². The lowest BCUT2D eigenvalue weighted by Gasteiger charge is -2.30. The number of ether oxygens (including phenoxy) is 1. The van der Waals surface area contributed by atoms with Crippen LogP contribution in [0.5, 0.6) is 11.5 Å². The van der Waals surface area contributed by atoms with Gasteiger partial charge in [-0.05, 0) is 48.9 Å². The smallest absolute Gasteiger partial charge is 0.185 e. The Hall–Kier alpha value is -3.27. The average Bonchev–Trinajstić information content (AvgIpc) is 2.76. The second-order valence-corrected chi connectivity index (χ2v) is 9.08. The summed E-state index contributed by atoms with van der Waals surface area (Å²) in [7, 11) is 0. The number of ketones is 1. The van der Waals surface area contributed by atoms with Gasteiger partial charge < -0.3 is 15.6 Å². The highest BCUT2D eigenvalue weighted by molar-refractivity contribution is 6.07. The fourth-order valence-corrected chi connectivity index (χ4v) is 3.28. The van der Waals surface area contributed by atoms with Gasteiger partial charge in [0.2, 0.25) is 0 Å². The van der Waals surface area contributed by atoms with Crippen LogP contribution in [0.4, 0.5) is 5.69 Å². The molecule has 0 atom stereocenters. The Labute approximate surface area is 192 Å². The van der Waals surface area contributed by atoms with Gasteiger partial charge >= 0.3 is 0 Å². The second-order valence-electron chi connectivity index (χ2n) is 9.08. The van der Waals surface area contributed by atoms with Crippen LogP contribution in [0.3, 0.4) is 0 Å². The van der Waals surface area contributed by atoms with E-state index < -0.39 is 10.8 Å². The number of benzene rings is 2. The molecule has 0 spiro atoms. The zero-order valence-electron chi connectivity index (χ0n) is 19.9. The number of rotatable bonds is 10. The van der Waals surface area contributed by atoms with Crippen LogP contribution in [0, 0.1) is 0 Å². The normalized spacial score (nSPS) is 12.0. The molecule has 0 saturated heterocycles. The number of anilines is 1. The Kier molecular flexibility index (Phi) is 7.73. The molecule has 0 unspecified atom stereocenters. The summed E-state index contributed by atoms with van der Waals surface area (Å²) in [6.07, 6.45) is 7.55. The minimum absolute atomic E-state index is 0.0750. The van der Waals surface area contributed by atoms with Crippen LogP contribution in [0.15, 0.2) is 61.7 Å². The quantitative estimate of drug-likeness (QED) is 0.192. The number of hydrogen-bond acceptors (Lipinski definition) is 4. The Balaban J connectivity index is 2.76. The maximum absolute atomic E-state index is 12.8. The van der Waals surface area contributed by atoms with Crippen molar-refractivity contribution in [3.05, 3.63) is 84.0 Å². The van der Waals surface area contributed by atoms with Crippen molar-refractivity contribution in [3.8, 4) is 11.5 Å². The predicted octanol–water partition coefficient (Wildman–Crippen LogP) is 6.59. The molecule has 0 aliphatic heterocycles. The molecule has 0 fully saturated rings. The fourth-order valence-electron chi connectivity index (χ4n) is 3.28. The molecule has 0 bridgehead atoms. The third kappa shape index (κ3) is 5.31. The third-order valence-electron chi connectivity index (χ3n) is 5.74. The molecule has 2 rings (SSSR count). The van der Waals surface area contributed by atoms with Crippen molar-refractivity contribution in [2.75, 3.05) is 12.3 Å². The van der Waals surface area contributed by atoms with Crippen LogP contribution >= 0.6 is 0 Å². The topological polar surface area (TPSA) is 72.5 Å². The molecule has 0 heterocycles. The first kappa shape index (κ1) is 25.0. The van der Waals surface area contributed by atoms with Crippen LogP contribution < -0.4 is 10.5 Å². The number of carbonyl (C=O) groups excluding carboxylic acids is 1. The molecule has 0 amide bonds. The number of nitrogens with two attached hydrogens (primary N) is 1. The number of phenolic OH excluding ortho intramolecular Hbond substituents is 1. The first-order chi connectivity index (χ1) is 15.0. The van der Waals surface area contributed by atoms with Crippen LogP contribution in [0.25, 0.3) is 6.08 Å². The second kappa shape index (κ2) is 9.90. The summed E-state index contributed by atoms with van der Waals surface area (Å²) >= 11 is 0. The highest BCUT2D eigenvalue weighted by Gasteiger charge is 2.31. The summed E-state index contributed by atoms with van der Waals surface area (Å²) in [6.45, 7) is 18.5. The van der Waals surface area contributed by atoms with Crippen molar-refractivity contribution in [2.45, 2.75) is 51.9 Å². The van der Waals surface area contributed by atoms with E-state index in [4.69, 9.17) is 10.5 Å². The van der Waals surface area contributed by atoms with Crippen LogP contribution in [0.2, 0.25) is 0 Å². The lowest BCUT2D eigenvalue weighted by molar-refractivity contribution is 0.104. The molecule has 0 aromatic heterocycles. The third-order valence-corrected chi connectivity index (χ3v) is 5.74. The van der Waals surface area contributed by atoms with Crippen LogP contribution in [0.1, 0.15) is 68.1 Å². The number of nitrogen functional groups attached to an aromatic ring is 1. The van der Waals surface area contributed by atoms with E-state index >= 15 is 0 Å². The summed E-state index contributed by atoms with van der Waals surface area (Å²) in [6, 6.07) is 8.70. The molecular formula is C28H35NO3. The molecule has 3 N–H and O–H groups in total. The molecule has 0 aliphatic carbocycles. The van der Waals surface area contributed by atoms with Gasteiger partial charge in [-0.15, -0.1) is 13.2 Å². The van der Waals surface area contributed by atoms with E-state index in [1.54, 1.807) is 36.4 Å². The predicted molar refractivity (Wildman–Crippen MR) is 135 cm³/mol. The number of hydrogen-bond donors (Lipinski definition) is 2. The molecule has 0 aliphatic rings. The zero-order chi connectivity index (χ0) is 24.1.